The fraction of sp³-hybridized carbons (Fsp3) is 0.400. The lowest BCUT2D eigenvalue weighted by Crippen LogP contribution is -2.30. The molecule has 3 atom stereocenters. The second kappa shape index (κ2) is 9.77. The van der Waals surface area contributed by atoms with E-state index in [1.165, 1.54) is 0 Å². The van der Waals surface area contributed by atoms with Crippen LogP contribution in [-0.4, -0.2) is 37.4 Å². The number of rotatable bonds is 8. The summed E-state index contributed by atoms with van der Waals surface area (Å²) in [5.74, 6) is -0.568. The number of Topliss-reactive ketones (excluding diaryl/α,β-unsaturated/α-hetero) is 1. The Morgan fingerprint density at radius 3 is 2.42 bits per heavy atom. The number of ether oxygens (including phenoxy) is 2. The lowest BCUT2D eigenvalue weighted by molar-refractivity contribution is -0.151. The highest BCUT2D eigenvalue weighted by Gasteiger charge is 2.38. The number of esters is 1. The van der Waals surface area contributed by atoms with Crippen LogP contribution in [0.15, 0.2) is 48.5 Å². The Bertz CT molecular complexity index is 953. The molecule has 0 aromatic heterocycles. The van der Waals surface area contributed by atoms with Crippen molar-refractivity contribution >= 4 is 23.3 Å². The van der Waals surface area contributed by atoms with Crippen molar-refractivity contribution in [2.45, 2.75) is 45.6 Å². The average molecular weight is 424 g/mol. The minimum absolute atomic E-state index is 0.0805. The zero-order valence-electron chi connectivity index (χ0n) is 18.5. The molecule has 0 radical (unpaired) electrons. The number of anilines is 1. The molecule has 2 aromatic rings. The first-order valence-electron chi connectivity index (χ1n) is 10.6. The first-order valence-corrected chi connectivity index (χ1v) is 10.6. The van der Waals surface area contributed by atoms with Crippen molar-refractivity contribution in [2.24, 2.45) is 5.92 Å². The SMILES string of the molecule is CC[C@H](C)c1ccccc1N1C[C@H](C(=O)O[C@@H](C)C(=O)c2ccc(OC)cc2)CC1=O. The van der Waals surface area contributed by atoms with Gasteiger partial charge in [-0.1, -0.05) is 32.0 Å². The van der Waals surface area contributed by atoms with Crippen LogP contribution in [0.3, 0.4) is 0 Å². The van der Waals surface area contributed by atoms with E-state index in [4.69, 9.17) is 9.47 Å². The summed E-state index contributed by atoms with van der Waals surface area (Å²) in [5, 5.41) is 0. The van der Waals surface area contributed by atoms with Gasteiger partial charge < -0.3 is 14.4 Å². The van der Waals surface area contributed by atoms with Crippen molar-refractivity contribution in [1.82, 2.24) is 0 Å². The maximum absolute atomic E-state index is 12.7. The number of amides is 1. The van der Waals surface area contributed by atoms with E-state index in [9.17, 15) is 14.4 Å². The number of methoxy groups -OCH3 is 1. The standard InChI is InChI=1S/C25H29NO5/c1-5-16(2)21-8-6-7-9-22(21)26-15-19(14-23(26)27)25(29)31-17(3)24(28)18-10-12-20(30-4)13-11-18/h6-13,16-17,19H,5,14-15H2,1-4H3/t16-,17-,19+/m0/s1. The lowest BCUT2D eigenvalue weighted by atomic mass is 9.96. The first-order chi connectivity index (χ1) is 14.8. The Labute approximate surface area is 183 Å². The monoisotopic (exact) mass is 423 g/mol. The van der Waals surface area contributed by atoms with Crippen LogP contribution in [0.1, 0.15) is 55.5 Å². The van der Waals surface area contributed by atoms with Gasteiger partial charge >= 0.3 is 5.97 Å². The highest BCUT2D eigenvalue weighted by molar-refractivity contribution is 6.02. The summed E-state index contributed by atoms with van der Waals surface area (Å²) in [6.45, 7) is 6.04. The van der Waals surface area contributed by atoms with E-state index in [1.54, 1.807) is 43.2 Å². The Morgan fingerprint density at radius 1 is 1.10 bits per heavy atom. The molecular formula is C25H29NO5. The highest BCUT2D eigenvalue weighted by Crippen LogP contribution is 2.33. The quantitative estimate of drug-likeness (QED) is 0.465. The molecule has 6 nitrogen and oxygen atoms in total. The maximum Gasteiger partial charge on any atom is 0.312 e. The average Bonchev–Trinajstić information content (AvgIpc) is 3.19. The van der Waals surface area contributed by atoms with Crippen molar-refractivity contribution in [1.29, 1.82) is 0 Å². The van der Waals surface area contributed by atoms with Gasteiger partial charge in [-0.2, -0.15) is 0 Å². The Balaban J connectivity index is 1.67. The summed E-state index contributed by atoms with van der Waals surface area (Å²) in [6.07, 6.45) is 0.101. The fourth-order valence-corrected chi connectivity index (χ4v) is 3.78. The number of para-hydroxylation sites is 1. The van der Waals surface area contributed by atoms with Crippen LogP contribution in [0.2, 0.25) is 0 Å². The number of carbonyl (C=O) groups is 3. The van der Waals surface area contributed by atoms with Crippen molar-refractivity contribution < 1.29 is 23.9 Å². The number of hydrogen-bond acceptors (Lipinski definition) is 5. The molecule has 1 aliphatic heterocycles. The zero-order chi connectivity index (χ0) is 22.5. The number of ketones is 1. The number of carbonyl (C=O) groups excluding carboxylic acids is 3. The van der Waals surface area contributed by atoms with Gasteiger partial charge in [0.05, 0.1) is 13.0 Å². The highest BCUT2D eigenvalue weighted by atomic mass is 16.5. The molecule has 31 heavy (non-hydrogen) atoms. The minimum atomic E-state index is -0.933. The van der Waals surface area contributed by atoms with E-state index in [0.717, 1.165) is 17.7 Å². The normalized spacial score (nSPS) is 17.9. The molecule has 1 heterocycles. The number of nitrogens with zero attached hydrogens (tertiary/aromatic N) is 1. The Hall–Kier alpha value is -3.15. The van der Waals surface area contributed by atoms with Crippen LogP contribution in [0.4, 0.5) is 5.69 Å². The van der Waals surface area contributed by atoms with Gasteiger partial charge in [-0.25, -0.2) is 0 Å². The molecule has 0 aliphatic carbocycles. The van der Waals surface area contributed by atoms with Crippen LogP contribution in [0.25, 0.3) is 0 Å². The van der Waals surface area contributed by atoms with Gasteiger partial charge in [0.25, 0.3) is 0 Å². The molecule has 0 spiro atoms. The van der Waals surface area contributed by atoms with Crippen molar-refractivity contribution in [3.05, 3.63) is 59.7 Å². The largest absolute Gasteiger partial charge is 0.497 e. The van der Waals surface area contributed by atoms with Gasteiger partial charge in [0.2, 0.25) is 11.7 Å². The zero-order valence-corrected chi connectivity index (χ0v) is 18.5. The summed E-state index contributed by atoms with van der Waals surface area (Å²) >= 11 is 0. The summed E-state index contributed by atoms with van der Waals surface area (Å²) in [4.78, 5) is 39.7. The molecule has 0 unspecified atom stereocenters. The van der Waals surface area contributed by atoms with E-state index in [-0.39, 0.29) is 24.7 Å². The third kappa shape index (κ3) is 4.95. The molecule has 164 valence electrons. The van der Waals surface area contributed by atoms with Gasteiger partial charge in [-0.05, 0) is 55.2 Å². The first kappa shape index (κ1) is 22.5. The van der Waals surface area contributed by atoms with Crippen molar-refractivity contribution in [2.75, 3.05) is 18.6 Å². The van der Waals surface area contributed by atoms with Crippen LogP contribution in [0.5, 0.6) is 5.75 Å². The molecule has 6 heteroatoms. The summed E-state index contributed by atoms with van der Waals surface area (Å²) < 4.78 is 10.5. The predicted octanol–water partition coefficient (Wildman–Crippen LogP) is 4.38. The smallest absolute Gasteiger partial charge is 0.312 e. The molecule has 1 amide bonds. The fourth-order valence-electron chi connectivity index (χ4n) is 3.78. The third-order valence-electron chi connectivity index (χ3n) is 5.87. The van der Waals surface area contributed by atoms with Crippen LogP contribution >= 0.6 is 0 Å². The molecular weight excluding hydrogens is 394 g/mol. The number of benzene rings is 2. The second-order valence-corrected chi connectivity index (χ2v) is 7.95. The van der Waals surface area contributed by atoms with Gasteiger partial charge in [-0.3, -0.25) is 14.4 Å². The van der Waals surface area contributed by atoms with E-state index in [2.05, 4.69) is 13.8 Å². The lowest BCUT2D eigenvalue weighted by Gasteiger charge is -2.23. The molecule has 3 rings (SSSR count). The molecule has 1 fully saturated rings. The van der Waals surface area contributed by atoms with Crippen molar-refractivity contribution in [3.63, 3.8) is 0 Å². The topological polar surface area (TPSA) is 72.9 Å². The van der Waals surface area contributed by atoms with E-state index in [1.807, 2.05) is 24.3 Å². The van der Waals surface area contributed by atoms with Gasteiger partial charge in [0, 0.05) is 24.2 Å². The molecule has 1 aliphatic rings. The Morgan fingerprint density at radius 2 is 1.77 bits per heavy atom. The van der Waals surface area contributed by atoms with Gasteiger partial charge in [-0.15, -0.1) is 0 Å². The molecule has 0 saturated carbocycles. The predicted molar refractivity (Wildman–Crippen MR) is 118 cm³/mol. The summed E-state index contributed by atoms with van der Waals surface area (Å²) in [6, 6.07) is 14.4. The van der Waals surface area contributed by atoms with E-state index >= 15 is 0 Å². The summed E-state index contributed by atoms with van der Waals surface area (Å²) in [7, 11) is 1.55. The van der Waals surface area contributed by atoms with Gasteiger partial charge in [0.15, 0.2) is 6.10 Å². The third-order valence-corrected chi connectivity index (χ3v) is 5.87. The summed E-state index contributed by atoms with van der Waals surface area (Å²) in [5.41, 5.74) is 2.38. The molecule has 1 saturated heterocycles. The molecule has 0 bridgehead atoms. The van der Waals surface area contributed by atoms with Gasteiger partial charge in [0.1, 0.15) is 5.75 Å². The molecule has 2 aromatic carbocycles. The van der Waals surface area contributed by atoms with Crippen LogP contribution in [0, 0.1) is 5.92 Å². The van der Waals surface area contributed by atoms with Crippen LogP contribution < -0.4 is 9.64 Å². The van der Waals surface area contributed by atoms with Crippen molar-refractivity contribution in [3.8, 4) is 5.75 Å². The van der Waals surface area contributed by atoms with Crippen LogP contribution in [-0.2, 0) is 14.3 Å². The molecule has 0 N–H and O–H groups in total. The van der Waals surface area contributed by atoms with E-state index < -0.39 is 18.0 Å². The minimum Gasteiger partial charge on any atom is -0.497 e. The maximum atomic E-state index is 12.7. The second-order valence-electron chi connectivity index (χ2n) is 7.95. The Kier molecular flexibility index (Phi) is 7.10. The van der Waals surface area contributed by atoms with E-state index in [0.29, 0.717) is 17.2 Å². The number of hydrogen-bond donors (Lipinski definition) is 0.